The number of hydrogen-bond acceptors (Lipinski definition) is 4. The predicted octanol–water partition coefficient (Wildman–Crippen LogP) is 1.59. The largest absolute Gasteiger partial charge is 0.325 e. The molecular formula is C9H12ClN3O2. The second-order valence-corrected chi connectivity index (χ2v) is 3.32. The average molecular weight is 230 g/mol. The van der Waals surface area contributed by atoms with Gasteiger partial charge in [-0.2, -0.15) is 0 Å². The van der Waals surface area contributed by atoms with E-state index in [4.69, 9.17) is 0 Å². The van der Waals surface area contributed by atoms with Gasteiger partial charge in [-0.1, -0.05) is 6.92 Å². The molecule has 0 bridgehead atoms. The first-order chi connectivity index (χ1) is 6.72. The monoisotopic (exact) mass is 229 g/mol. The van der Waals surface area contributed by atoms with E-state index >= 15 is 0 Å². The van der Waals surface area contributed by atoms with Gasteiger partial charge in [-0.15, -0.1) is 12.4 Å². The molecule has 0 fully saturated rings. The van der Waals surface area contributed by atoms with E-state index in [9.17, 15) is 10.1 Å². The normalized spacial score (nSPS) is 22.7. The number of nitro groups is 1. The van der Waals surface area contributed by atoms with Crippen LogP contribution in [-0.4, -0.2) is 28.2 Å². The lowest BCUT2D eigenvalue weighted by Crippen LogP contribution is -2.29. The van der Waals surface area contributed by atoms with Gasteiger partial charge in [-0.3, -0.25) is 15.1 Å². The van der Waals surface area contributed by atoms with Crippen LogP contribution in [0.25, 0.3) is 0 Å². The van der Waals surface area contributed by atoms with Crippen molar-refractivity contribution in [3.63, 3.8) is 0 Å². The van der Waals surface area contributed by atoms with Crippen molar-refractivity contribution in [3.8, 4) is 0 Å². The minimum atomic E-state index is -0.382. The molecule has 0 N–H and O–H groups in total. The van der Waals surface area contributed by atoms with Gasteiger partial charge in [0.2, 0.25) is 5.84 Å². The topological polar surface area (TPSA) is 58.7 Å². The van der Waals surface area contributed by atoms with E-state index in [0.717, 1.165) is 13.0 Å². The van der Waals surface area contributed by atoms with Gasteiger partial charge < -0.3 is 4.90 Å². The fourth-order valence-corrected chi connectivity index (χ4v) is 1.62. The van der Waals surface area contributed by atoms with Crippen LogP contribution in [0.5, 0.6) is 0 Å². The molecule has 1 atom stereocenters. The van der Waals surface area contributed by atoms with E-state index < -0.39 is 0 Å². The van der Waals surface area contributed by atoms with Crippen molar-refractivity contribution in [3.05, 3.63) is 34.2 Å². The zero-order chi connectivity index (χ0) is 10.1. The third-order valence-corrected chi connectivity index (χ3v) is 2.40. The van der Waals surface area contributed by atoms with E-state index in [1.807, 2.05) is 18.0 Å². The first-order valence-electron chi connectivity index (χ1n) is 4.60. The minimum absolute atomic E-state index is 0. The van der Waals surface area contributed by atoms with Gasteiger partial charge in [0.15, 0.2) is 0 Å². The fraction of sp³-hybridized carbons (Fsp3) is 0.444. The highest BCUT2D eigenvalue weighted by molar-refractivity contribution is 5.99. The smallest absolute Gasteiger partial charge is 0.311 e. The summed E-state index contributed by atoms with van der Waals surface area (Å²) in [6.45, 7) is 2.79. The second-order valence-electron chi connectivity index (χ2n) is 3.32. The molecule has 0 saturated heterocycles. The van der Waals surface area contributed by atoms with Crippen molar-refractivity contribution in [2.75, 3.05) is 6.54 Å². The summed E-state index contributed by atoms with van der Waals surface area (Å²) in [4.78, 5) is 16.5. The molecule has 1 unspecified atom stereocenters. The van der Waals surface area contributed by atoms with Gasteiger partial charge >= 0.3 is 5.70 Å². The first kappa shape index (κ1) is 11.7. The number of fused-ring (bicyclic) bond motifs is 1. The molecule has 2 aliphatic rings. The molecule has 2 rings (SSSR count). The number of aliphatic imine (C=N–C) groups is 1. The summed E-state index contributed by atoms with van der Waals surface area (Å²) in [6, 6.07) is 0.191. The molecule has 2 aliphatic heterocycles. The molecule has 0 aromatic carbocycles. The van der Waals surface area contributed by atoms with Crippen LogP contribution in [0.4, 0.5) is 0 Å². The highest BCUT2D eigenvalue weighted by Gasteiger charge is 2.32. The Morgan fingerprint density at radius 1 is 1.73 bits per heavy atom. The van der Waals surface area contributed by atoms with E-state index in [1.54, 1.807) is 6.08 Å². The van der Waals surface area contributed by atoms with Crippen molar-refractivity contribution >= 4 is 18.2 Å². The van der Waals surface area contributed by atoms with Crippen molar-refractivity contribution < 1.29 is 4.92 Å². The molecule has 0 aliphatic carbocycles. The summed E-state index contributed by atoms with van der Waals surface area (Å²) < 4.78 is 0. The molecule has 2 heterocycles. The number of allylic oxidation sites excluding steroid dienone is 2. The number of nitrogens with zero attached hydrogens (tertiary/aromatic N) is 3. The molecule has 6 heteroatoms. The molecule has 0 amide bonds. The van der Waals surface area contributed by atoms with Crippen molar-refractivity contribution in [1.82, 2.24) is 4.90 Å². The highest BCUT2D eigenvalue weighted by Crippen LogP contribution is 2.20. The lowest BCUT2D eigenvalue weighted by molar-refractivity contribution is -0.415. The van der Waals surface area contributed by atoms with Crippen LogP contribution in [0.15, 0.2) is 29.0 Å². The highest BCUT2D eigenvalue weighted by atomic mass is 35.5. The number of amidine groups is 1. The zero-order valence-corrected chi connectivity index (χ0v) is 9.11. The lowest BCUT2D eigenvalue weighted by atomic mass is 10.2. The Hall–Kier alpha value is -1.36. The predicted molar refractivity (Wildman–Crippen MR) is 59.7 cm³/mol. The van der Waals surface area contributed by atoms with Crippen LogP contribution in [0.1, 0.15) is 13.3 Å². The van der Waals surface area contributed by atoms with Gasteiger partial charge in [0.1, 0.15) is 0 Å². The third kappa shape index (κ3) is 2.02. The molecule has 82 valence electrons. The van der Waals surface area contributed by atoms with E-state index in [1.165, 1.54) is 6.08 Å². The summed E-state index contributed by atoms with van der Waals surface area (Å²) in [5.41, 5.74) is 0.100. The van der Waals surface area contributed by atoms with Gasteiger partial charge in [-0.05, 0) is 12.5 Å². The summed E-state index contributed by atoms with van der Waals surface area (Å²) >= 11 is 0. The first-order valence-corrected chi connectivity index (χ1v) is 4.60. The molecule has 0 radical (unpaired) electrons. The third-order valence-electron chi connectivity index (χ3n) is 2.40. The van der Waals surface area contributed by atoms with Crippen molar-refractivity contribution in [2.45, 2.75) is 19.4 Å². The second kappa shape index (κ2) is 4.44. The van der Waals surface area contributed by atoms with Crippen LogP contribution >= 0.6 is 12.4 Å². The number of rotatable bonds is 2. The Morgan fingerprint density at radius 3 is 3.07 bits per heavy atom. The summed E-state index contributed by atoms with van der Waals surface area (Å²) in [5.74, 6) is 0.504. The van der Waals surface area contributed by atoms with Crippen molar-refractivity contribution in [1.29, 1.82) is 0 Å². The SMILES string of the molecule is CCC1CN2C=CC=C([N+](=O)[O-])C2=N1.Cl. The van der Waals surface area contributed by atoms with Gasteiger partial charge in [0.05, 0.1) is 11.0 Å². The van der Waals surface area contributed by atoms with Gasteiger partial charge in [0.25, 0.3) is 0 Å². The summed E-state index contributed by atoms with van der Waals surface area (Å²) in [6.07, 6.45) is 5.93. The Balaban J connectivity index is 0.00000112. The van der Waals surface area contributed by atoms with E-state index in [-0.39, 0.29) is 29.1 Å². The van der Waals surface area contributed by atoms with Crippen LogP contribution in [0, 0.1) is 10.1 Å². The Labute approximate surface area is 93.7 Å². The quantitative estimate of drug-likeness (QED) is 0.534. The number of halogens is 1. The zero-order valence-electron chi connectivity index (χ0n) is 8.29. The van der Waals surface area contributed by atoms with E-state index in [0.29, 0.717) is 5.84 Å². The molecule has 0 aromatic rings. The molecule has 0 saturated carbocycles. The van der Waals surface area contributed by atoms with Crippen molar-refractivity contribution in [2.24, 2.45) is 4.99 Å². The van der Waals surface area contributed by atoms with Crippen LogP contribution in [-0.2, 0) is 0 Å². The lowest BCUT2D eigenvalue weighted by Gasteiger charge is -2.16. The van der Waals surface area contributed by atoms with Gasteiger partial charge in [0, 0.05) is 18.8 Å². The molecule has 0 spiro atoms. The Bertz CT molecular complexity index is 362. The maximum Gasteiger partial charge on any atom is 0.311 e. The molecule has 0 aromatic heterocycles. The van der Waals surface area contributed by atoms with Crippen LogP contribution in [0.2, 0.25) is 0 Å². The maximum absolute atomic E-state index is 10.7. The number of hydrogen-bond donors (Lipinski definition) is 0. The standard InChI is InChI=1S/C9H11N3O2.ClH/c1-2-7-6-11-5-3-4-8(12(13)14)9(11)10-7;/h3-5,7H,2,6H2,1H3;1H. The average Bonchev–Trinajstić information content (AvgIpc) is 2.59. The molecular weight excluding hydrogens is 218 g/mol. The van der Waals surface area contributed by atoms with Crippen LogP contribution in [0.3, 0.4) is 0 Å². The Kier molecular flexibility index (Phi) is 3.47. The maximum atomic E-state index is 10.7. The fourth-order valence-electron chi connectivity index (χ4n) is 1.62. The molecule has 5 nitrogen and oxygen atoms in total. The molecule has 15 heavy (non-hydrogen) atoms. The Morgan fingerprint density at radius 2 is 2.47 bits per heavy atom. The summed E-state index contributed by atoms with van der Waals surface area (Å²) in [7, 11) is 0. The summed E-state index contributed by atoms with van der Waals surface area (Å²) in [5, 5.41) is 10.7. The van der Waals surface area contributed by atoms with E-state index in [2.05, 4.69) is 4.99 Å². The minimum Gasteiger partial charge on any atom is -0.325 e. The van der Waals surface area contributed by atoms with Gasteiger partial charge in [-0.25, -0.2) is 0 Å². The van der Waals surface area contributed by atoms with Crippen LogP contribution < -0.4 is 0 Å².